The summed E-state index contributed by atoms with van der Waals surface area (Å²) >= 11 is 1.38. The zero-order chi connectivity index (χ0) is 22.1. The number of guanidine groups is 1. The summed E-state index contributed by atoms with van der Waals surface area (Å²) in [6.07, 6.45) is 0. The third-order valence-corrected chi connectivity index (χ3v) is 6.64. The standard InChI is InChI=1S/C21H38N6O2S.HI/c1-7-26-9-11-27(12-10-26)14-15(3)13-23-21(22-6)25-17(5)19-24-16(4)18(30-19)20(28)29-8-2;/h15,17H,7-14H2,1-6H3,(H2,22,23,25);1H. The van der Waals surface area contributed by atoms with Gasteiger partial charge in [0, 0.05) is 46.3 Å². The summed E-state index contributed by atoms with van der Waals surface area (Å²) in [6.45, 7) is 18.2. The summed E-state index contributed by atoms with van der Waals surface area (Å²) in [6, 6.07) is -0.0551. The lowest BCUT2D eigenvalue weighted by Crippen LogP contribution is -2.48. The lowest BCUT2D eigenvalue weighted by atomic mass is 10.1. The predicted molar refractivity (Wildman–Crippen MR) is 139 cm³/mol. The van der Waals surface area contributed by atoms with Crippen molar-refractivity contribution in [1.29, 1.82) is 0 Å². The number of aliphatic imine (C=N–C) groups is 1. The number of aromatic nitrogens is 1. The Morgan fingerprint density at radius 1 is 1.23 bits per heavy atom. The molecule has 2 heterocycles. The summed E-state index contributed by atoms with van der Waals surface area (Å²) in [7, 11) is 1.77. The Labute approximate surface area is 208 Å². The smallest absolute Gasteiger partial charge is 0.350 e. The van der Waals surface area contributed by atoms with Gasteiger partial charge in [-0.25, -0.2) is 9.78 Å². The molecule has 0 radical (unpaired) electrons. The van der Waals surface area contributed by atoms with Crippen LogP contribution in [-0.2, 0) is 4.74 Å². The van der Waals surface area contributed by atoms with Crippen LogP contribution in [0.15, 0.2) is 4.99 Å². The first kappa shape index (κ1) is 28.1. The number of rotatable bonds is 9. The molecule has 1 fully saturated rings. The van der Waals surface area contributed by atoms with Crippen LogP contribution in [0.4, 0.5) is 0 Å². The highest BCUT2D eigenvalue weighted by atomic mass is 127. The minimum atomic E-state index is -0.304. The van der Waals surface area contributed by atoms with Gasteiger partial charge in [-0.15, -0.1) is 35.3 Å². The molecule has 1 aliphatic heterocycles. The fraction of sp³-hybridized carbons (Fsp3) is 0.762. The van der Waals surface area contributed by atoms with Crippen molar-refractivity contribution >= 4 is 47.2 Å². The van der Waals surface area contributed by atoms with Gasteiger partial charge in [-0.1, -0.05) is 13.8 Å². The van der Waals surface area contributed by atoms with Crippen LogP contribution in [0.2, 0.25) is 0 Å². The van der Waals surface area contributed by atoms with Crippen LogP contribution >= 0.6 is 35.3 Å². The van der Waals surface area contributed by atoms with E-state index in [1.54, 1.807) is 14.0 Å². The van der Waals surface area contributed by atoms with E-state index in [9.17, 15) is 4.79 Å². The van der Waals surface area contributed by atoms with E-state index < -0.39 is 0 Å². The molecule has 0 aromatic carbocycles. The molecule has 1 aliphatic rings. The van der Waals surface area contributed by atoms with Gasteiger partial charge in [0.05, 0.1) is 18.3 Å². The molecule has 0 aliphatic carbocycles. The van der Waals surface area contributed by atoms with Crippen LogP contribution < -0.4 is 10.6 Å². The maximum atomic E-state index is 12.0. The quantitative estimate of drug-likeness (QED) is 0.206. The van der Waals surface area contributed by atoms with Crippen molar-refractivity contribution in [2.45, 2.75) is 40.7 Å². The van der Waals surface area contributed by atoms with Gasteiger partial charge in [0.1, 0.15) is 9.88 Å². The predicted octanol–water partition coefficient (Wildman–Crippen LogP) is 2.75. The summed E-state index contributed by atoms with van der Waals surface area (Å²) in [4.78, 5) is 26.6. The molecule has 178 valence electrons. The van der Waals surface area contributed by atoms with Gasteiger partial charge in [-0.05, 0) is 33.2 Å². The highest BCUT2D eigenvalue weighted by Crippen LogP contribution is 2.24. The number of esters is 1. The van der Waals surface area contributed by atoms with Crippen LogP contribution in [0.5, 0.6) is 0 Å². The molecule has 10 heteroatoms. The number of hydrogen-bond acceptors (Lipinski definition) is 7. The molecule has 1 saturated heterocycles. The lowest BCUT2D eigenvalue weighted by molar-refractivity contribution is 0.0531. The number of nitrogens with one attached hydrogen (secondary N) is 2. The van der Waals surface area contributed by atoms with Crippen LogP contribution in [0, 0.1) is 12.8 Å². The summed E-state index contributed by atoms with van der Waals surface area (Å²) < 4.78 is 5.11. The Bertz CT molecular complexity index is 706. The van der Waals surface area contributed by atoms with Crippen molar-refractivity contribution in [1.82, 2.24) is 25.4 Å². The second kappa shape index (κ2) is 14.2. The van der Waals surface area contributed by atoms with Gasteiger partial charge in [0.2, 0.25) is 0 Å². The van der Waals surface area contributed by atoms with Crippen molar-refractivity contribution in [3.8, 4) is 0 Å². The Kier molecular flexibility index (Phi) is 12.9. The fourth-order valence-corrected chi connectivity index (χ4v) is 4.48. The van der Waals surface area contributed by atoms with E-state index in [1.807, 2.05) is 13.8 Å². The van der Waals surface area contributed by atoms with E-state index >= 15 is 0 Å². The Hall–Kier alpha value is -0.980. The van der Waals surface area contributed by atoms with Crippen LogP contribution in [-0.4, -0.2) is 86.2 Å². The van der Waals surface area contributed by atoms with Crippen molar-refractivity contribution in [2.75, 3.05) is 59.5 Å². The van der Waals surface area contributed by atoms with E-state index in [-0.39, 0.29) is 36.0 Å². The number of ether oxygens (including phenoxy) is 1. The molecular formula is C21H39IN6O2S. The minimum Gasteiger partial charge on any atom is -0.462 e. The molecule has 0 saturated carbocycles. The van der Waals surface area contributed by atoms with Crippen LogP contribution in [0.25, 0.3) is 0 Å². The molecule has 2 unspecified atom stereocenters. The van der Waals surface area contributed by atoms with Crippen molar-refractivity contribution < 1.29 is 9.53 Å². The second-order valence-corrected chi connectivity index (χ2v) is 8.88. The summed E-state index contributed by atoms with van der Waals surface area (Å²) in [5.41, 5.74) is 0.710. The van der Waals surface area contributed by atoms with Gasteiger partial charge < -0.3 is 25.2 Å². The lowest BCUT2D eigenvalue weighted by Gasteiger charge is -2.35. The molecule has 0 spiro atoms. The average molecular weight is 567 g/mol. The number of aryl methyl sites for hydroxylation is 1. The van der Waals surface area contributed by atoms with Gasteiger partial charge in [0.25, 0.3) is 0 Å². The highest BCUT2D eigenvalue weighted by Gasteiger charge is 2.21. The van der Waals surface area contributed by atoms with Crippen LogP contribution in [0.1, 0.15) is 54.1 Å². The number of carbonyl (C=O) groups is 1. The number of piperazine rings is 1. The Morgan fingerprint density at radius 2 is 1.87 bits per heavy atom. The zero-order valence-electron chi connectivity index (χ0n) is 19.7. The highest BCUT2D eigenvalue weighted by molar-refractivity contribution is 14.0. The zero-order valence-corrected chi connectivity index (χ0v) is 22.9. The molecule has 2 N–H and O–H groups in total. The topological polar surface area (TPSA) is 82.1 Å². The van der Waals surface area contributed by atoms with Crippen molar-refractivity contribution in [3.63, 3.8) is 0 Å². The van der Waals surface area contributed by atoms with E-state index in [1.165, 1.54) is 24.4 Å². The molecule has 8 nitrogen and oxygen atoms in total. The van der Waals surface area contributed by atoms with E-state index in [2.05, 4.69) is 44.3 Å². The number of halogens is 1. The largest absolute Gasteiger partial charge is 0.462 e. The molecule has 1 aromatic heterocycles. The number of nitrogens with zero attached hydrogens (tertiary/aromatic N) is 4. The normalized spacial score (nSPS) is 17.5. The number of thiazole rings is 1. The monoisotopic (exact) mass is 566 g/mol. The first-order valence-corrected chi connectivity index (χ1v) is 11.8. The van der Waals surface area contributed by atoms with Gasteiger partial charge >= 0.3 is 5.97 Å². The van der Waals surface area contributed by atoms with Crippen LogP contribution in [0.3, 0.4) is 0 Å². The van der Waals surface area contributed by atoms with Gasteiger partial charge in [0.15, 0.2) is 5.96 Å². The number of hydrogen-bond donors (Lipinski definition) is 2. The fourth-order valence-electron chi connectivity index (χ4n) is 3.51. The first-order chi connectivity index (χ1) is 14.4. The third-order valence-electron chi connectivity index (χ3n) is 5.32. The second-order valence-electron chi connectivity index (χ2n) is 7.85. The minimum absolute atomic E-state index is 0. The molecule has 2 rings (SSSR count). The van der Waals surface area contributed by atoms with Crippen molar-refractivity contribution in [2.24, 2.45) is 10.9 Å². The van der Waals surface area contributed by atoms with Crippen molar-refractivity contribution in [3.05, 3.63) is 15.6 Å². The molecule has 2 atom stereocenters. The molecule has 0 bridgehead atoms. The molecule has 0 amide bonds. The maximum Gasteiger partial charge on any atom is 0.350 e. The van der Waals surface area contributed by atoms with Gasteiger partial charge in [-0.3, -0.25) is 4.99 Å². The van der Waals surface area contributed by atoms with Gasteiger partial charge in [-0.2, -0.15) is 0 Å². The van der Waals surface area contributed by atoms with E-state index in [0.29, 0.717) is 23.1 Å². The Balaban J connectivity index is 0.00000480. The summed E-state index contributed by atoms with van der Waals surface area (Å²) in [5, 5.41) is 7.66. The Morgan fingerprint density at radius 3 is 2.45 bits per heavy atom. The molecular weight excluding hydrogens is 527 g/mol. The van der Waals surface area contributed by atoms with E-state index in [4.69, 9.17) is 4.74 Å². The average Bonchev–Trinajstić information content (AvgIpc) is 3.13. The summed E-state index contributed by atoms with van der Waals surface area (Å²) in [5.74, 6) is 0.960. The number of likely N-dealkylation sites (N-methyl/N-ethyl adjacent to an activating group) is 1. The number of carbonyl (C=O) groups excluding carboxylic acids is 1. The maximum absolute atomic E-state index is 12.0. The SMILES string of the molecule is CCOC(=O)c1sc(C(C)NC(=NC)NCC(C)CN2CCN(CC)CC2)nc1C.I. The molecule has 31 heavy (non-hydrogen) atoms. The third kappa shape index (κ3) is 8.82. The molecule has 1 aromatic rings. The van der Waals surface area contributed by atoms with E-state index in [0.717, 1.165) is 43.7 Å². The first-order valence-electron chi connectivity index (χ1n) is 10.9.